The summed E-state index contributed by atoms with van der Waals surface area (Å²) in [6, 6.07) is -1.07. The van der Waals surface area contributed by atoms with Crippen LogP contribution in [0.15, 0.2) is 6.20 Å². The molecule has 1 saturated heterocycles. The first kappa shape index (κ1) is 12.3. The van der Waals surface area contributed by atoms with Gasteiger partial charge in [0.05, 0.1) is 6.20 Å². The second-order valence-electron chi connectivity index (χ2n) is 5.00. The van der Waals surface area contributed by atoms with Gasteiger partial charge in [0, 0.05) is 18.1 Å². The van der Waals surface area contributed by atoms with Gasteiger partial charge in [0.2, 0.25) is 0 Å². The fourth-order valence-electron chi connectivity index (χ4n) is 3.23. The van der Waals surface area contributed by atoms with Crippen LogP contribution in [0.1, 0.15) is 19.3 Å². The van der Waals surface area contributed by atoms with Crippen LogP contribution >= 0.6 is 11.5 Å². The van der Waals surface area contributed by atoms with Crippen molar-refractivity contribution in [3.05, 3.63) is 6.20 Å². The maximum atomic E-state index is 12.2. The van der Waals surface area contributed by atoms with E-state index in [0.717, 1.165) is 30.8 Å². The maximum Gasteiger partial charge on any atom is 0.326 e. The van der Waals surface area contributed by atoms with Crippen LogP contribution in [0.5, 0.6) is 0 Å². The first-order chi connectivity index (χ1) is 9.16. The Morgan fingerprint density at radius 1 is 1.47 bits per heavy atom. The second kappa shape index (κ2) is 4.76. The monoisotopic (exact) mass is 282 g/mol. The fraction of sp³-hybridized carbons (Fsp3) is 0.636. The summed E-state index contributed by atoms with van der Waals surface area (Å²) in [5.74, 6) is -0.485. The number of likely N-dealkylation sites (tertiary alicyclic amines) is 1. The molecule has 2 amide bonds. The minimum atomic E-state index is -0.910. The van der Waals surface area contributed by atoms with Gasteiger partial charge < -0.3 is 10.0 Å². The number of urea groups is 1. The molecule has 1 aromatic heterocycles. The molecule has 8 heteroatoms. The van der Waals surface area contributed by atoms with E-state index in [1.807, 2.05) is 0 Å². The molecule has 1 aliphatic heterocycles. The van der Waals surface area contributed by atoms with Gasteiger partial charge in [-0.15, -0.1) is 5.10 Å². The highest BCUT2D eigenvalue weighted by Gasteiger charge is 2.49. The minimum absolute atomic E-state index is 0.0998. The summed E-state index contributed by atoms with van der Waals surface area (Å²) in [4.78, 5) is 25.0. The first-order valence-corrected chi connectivity index (χ1v) is 7.02. The third-order valence-corrected chi connectivity index (χ3v) is 4.58. The van der Waals surface area contributed by atoms with E-state index < -0.39 is 12.0 Å². The van der Waals surface area contributed by atoms with Gasteiger partial charge in [0.1, 0.15) is 11.0 Å². The molecule has 7 nitrogen and oxygen atoms in total. The second-order valence-corrected chi connectivity index (χ2v) is 5.79. The van der Waals surface area contributed by atoms with E-state index in [9.17, 15) is 14.7 Å². The standard InChI is InChI=1S/C11H14N4O3S/c16-10(17)9-7-3-1-2-6(7)5-15(9)11(18)13-8-4-12-14-19-8/h4,6-7,9H,1-3,5H2,(H,13,18)(H,16,17). The Kier molecular flexibility index (Phi) is 3.09. The summed E-state index contributed by atoms with van der Waals surface area (Å²) < 4.78 is 3.66. The number of aromatic nitrogens is 2. The van der Waals surface area contributed by atoms with E-state index in [1.165, 1.54) is 11.1 Å². The number of hydrogen-bond donors (Lipinski definition) is 2. The van der Waals surface area contributed by atoms with E-state index in [2.05, 4.69) is 14.9 Å². The molecule has 3 unspecified atom stereocenters. The smallest absolute Gasteiger partial charge is 0.326 e. The van der Waals surface area contributed by atoms with Crippen molar-refractivity contribution in [3.63, 3.8) is 0 Å². The van der Waals surface area contributed by atoms with Crippen molar-refractivity contribution in [3.8, 4) is 0 Å². The van der Waals surface area contributed by atoms with Crippen molar-refractivity contribution in [1.82, 2.24) is 14.5 Å². The van der Waals surface area contributed by atoms with Gasteiger partial charge in [-0.25, -0.2) is 9.59 Å². The predicted octanol–water partition coefficient (Wildman–Crippen LogP) is 1.26. The average molecular weight is 282 g/mol. The molecule has 3 rings (SSSR count). The van der Waals surface area contributed by atoms with Crippen molar-refractivity contribution in [1.29, 1.82) is 0 Å². The number of carboxylic acids is 1. The number of rotatable bonds is 2. The van der Waals surface area contributed by atoms with Crippen molar-refractivity contribution in [2.75, 3.05) is 11.9 Å². The van der Waals surface area contributed by atoms with Gasteiger partial charge in [-0.05, 0) is 24.7 Å². The lowest BCUT2D eigenvalue weighted by Gasteiger charge is -2.24. The molecule has 0 aromatic carbocycles. The summed E-state index contributed by atoms with van der Waals surface area (Å²) in [6.45, 7) is 0.527. The van der Waals surface area contributed by atoms with Crippen LogP contribution in [0, 0.1) is 11.8 Å². The van der Waals surface area contributed by atoms with E-state index >= 15 is 0 Å². The van der Waals surface area contributed by atoms with Gasteiger partial charge in [-0.2, -0.15) is 0 Å². The number of aliphatic carboxylic acids is 1. The molecule has 1 saturated carbocycles. The molecule has 3 atom stereocenters. The van der Waals surface area contributed by atoms with Gasteiger partial charge in [-0.1, -0.05) is 10.9 Å². The van der Waals surface area contributed by atoms with E-state index in [1.54, 1.807) is 0 Å². The molecule has 1 aromatic rings. The zero-order chi connectivity index (χ0) is 13.4. The molecule has 2 heterocycles. The quantitative estimate of drug-likeness (QED) is 0.851. The first-order valence-electron chi connectivity index (χ1n) is 6.24. The van der Waals surface area contributed by atoms with Gasteiger partial charge in [0.25, 0.3) is 0 Å². The minimum Gasteiger partial charge on any atom is -0.480 e. The summed E-state index contributed by atoms with van der Waals surface area (Å²) >= 11 is 1.07. The Balaban J connectivity index is 1.76. The molecule has 1 aliphatic carbocycles. The van der Waals surface area contributed by atoms with Crippen molar-refractivity contribution >= 4 is 28.5 Å². The van der Waals surface area contributed by atoms with Crippen LogP contribution in [0.25, 0.3) is 0 Å². The van der Waals surface area contributed by atoms with Crippen molar-refractivity contribution in [2.24, 2.45) is 11.8 Å². The number of carbonyl (C=O) groups excluding carboxylic acids is 1. The summed E-state index contributed by atoms with van der Waals surface area (Å²) in [7, 11) is 0. The van der Waals surface area contributed by atoms with Crippen LogP contribution in [0.3, 0.4) is 0 Å². The van der Waals surface area contributed by atoms with Crippen LogP contribution < -0.4 is 5.32 Å². The van der Waals surface area contributed by atoms with E-state index in [0.29, 0.717) is 17.5 Å². The van der Waals surface area contributed by atoms with Gasteiger partial charge >= 0.3 is 12.0 Å². The number of carbonyl (C=O) groups is 2. The lowest BCUT2D eigenvalue weighted by molar-refractivity contribution is -0.142. The summed E-state index contributed by atoms with van der Waals surface area (Å²) in [6.07, 6.45) is 4.43. The topological polar surface area (TPSA) is 95.4 Å². The molecule has 0 radical (unpaired) electrons. The van der Waals surface area contributed by atoms with E-state index in [-0.39, 0.29) is 11.9 Å². The molecule has 2 fully saturated rings. The molecular weight excluding hydrogens is 268 g/mol. The molecule has 0 spiro atoms. The highest BCUT2D eigenvalue weighted by atomic mass is 32.1. The molecule has 19 heavy (non-hydrogen) atoms. The largest absolute Gasteiger partial charge is 0.480 e. The highest BCUT2D eigenvalue weighted by Crippen LogP contribution is 2.42. The Bertz CT molecular complexity index is 492. The zero-order valence-electron chi connectivity index (χ0n) is 10.2. The number of nitrogens with one attached hydrogen (secondary N) is 1. The van der Waals surface area contributed by atoms with Crippen LogP contribution in [-0.4, -0.2) is 44.2 Å². The average Bonchev–Trinajstić information content (AvgIpc) is 3.02. The Morgan fingerprint density at radius 3 is 3.00 bits per heavy atom. The zero-order valence-corrected chi connectivity index (χ0v) is 11.0. The lowest BCUT2D eigenvalue weighted by atomic mass is 9.94. The number of amides is 2. The number of hydrogen-bond acceptors (Lipinski definition) is 5. The van der Waals surface area contributed by atoms with Crippen LogP contribution in [-0.2, 0) is 4.79 Å². The molecule has 0 bridgehead atoms. The highest BCUT2D eigenvalue weighted by molar-refractivity contribution is 7.10. The number of carboxylic acid groups (broad SMARTS) is 1. The summed E-state index contributed by atoms with van der Waals surface area (Å²) in [5.41, 5.74) is 0. The Hall–Kier alpha value is -1.70. The molecular formula is C11H14N4O3S. The van der Waals surface area contributed by atoms with E-state index in [4.69, 9.17) is 0 Å². The molecule has 102 valence electrons. The van der Waals surface area contributed by atoms with Gasteiger partial charge in [0.15, 0.2) is 0 Å². The van der Waals surface area contributed by atoms with Gasteiger partial charge in [-0.3, -0.25) is 5.32 Å². The maximum absolute atomic E-state index is 12.2. The van der Waals surface area contributed by atoms with Crippen LogP contribution in [0.4, 0.5) is 9.80 Å². The summed E-state index contributed by atoms with van der Waals surface area (Å²) in [5, 5.41) is 16.2. The number of nitrogens with zero attached hydrogens (tertiary/aromatic N) is 3. The van der Waals surface area contributed by atoms with Crippen molar-refractivity contribution in [2.45, 2.75) is 25.3 Å². The van der Waals surface area contributed by atoms with Crippen molar-refractivity contribution < 1.29 is 14.7 Å². The fourth-order valence-corrected chi connectivity index (χ4v) is 3.64. The molecule has 2 N–H and O–H groups in total. The lowest BCUT2D eigenvalue weighted by Crippen LogP contribution is -2.45. The van der Waals surface area contributed by atoms with Crippen LogP contribution in [0.2, 0.25) is 0 Å². The Morgan fingerprint density at radius 2 is 2.32 bits per heavy atom. The molecule has 2 aliphatic rings. The third kappa shape index (κ3) is 2.16. The predicted molar refractivity (Wildman–Crippen MR) is 67.9 cm³/mol. The normalized spacial score (nSPS) is 29.3. The Labute approximate surface area is 113 Å². The number of fused-ring (bicyclic) bond motifs is 1. The third-order valence-electron chi connectivity index (χ3n) is 4.00. The SMILES string of the molecule is O=C(O)C1C2CCCC2CN1C(=O)Nc1cnns1. The number of anilines is 1.